The van der Waals surface area contributed by atoms with E-state index in [2.05, 4.69) is 0 Å². The minimum atomic E-state index is -0.709. The van der Waals surface area contributed by atoms with Gasteiger partial charge in [-0.05, 0) is 23.8 Å². The van der Waals surface area contributed by atoms with Crippen molar-refractivity contribution in [3.8, 4) is 5.75 Å². The second-order valence-corrected chi connectivity index (χ2v) is 7.06. The minimum Gasteiger partial charge on any atom is -0.464 e. The molecule has 2 aliphatic rings. The van der Waals surface area contributed by atoms with Crippen molar-refractivity contribution in [3.63, 3.8) is 0 Å². The third kappa shape index (κ3) is 2.68. The first-order chi connectivity index (χ1) is 13.2. The molecule has 5 rings (SSSR count). The lowest BCUT2D eigenvalue weighted by Crippen LogP contribution is -2.34. The summed E-state index contributed by atoms with van der Waals surface area (Å²) in [7, 11) is 0. The summed E-state index contributed by atoms with van der Waals surface area (Å²) in [6.45, 7) is 0. The van der Waals surface area contributed by atoms with Crippen LogP contribution in [0, 0.1) is 5.82 Å². The van der Waals surface area contributed by atoms with Crippen molar-refractivity contribution in [3.05, 3.63) is 100 Å². The van der Waals surface area contributed by atoms with E-state index in [1.165, 1.54) is 6.07 Å². The maximum absolute atomic E-state index is 14.6. The van der Waals surface area contributed by atoms with Crippen molar-refractivity contribution >= 4 is 17.3 Å². The Kier molecular flexibility index (Phi) is 3.87. The van der Waals surface area contributed by atoms with Crippen LogP contribution in [0.3, 0.4) is 0 Å². The molecule has 0 saturated carbocycles. The zero-order chi connectivity index (χ0) is 18.4. The van der Waals surface area contributed by atoms with Crippen molar-refractivity contribution in [1.29, 1.82) is 0 Å². The SMILES string of the molecule is Fc1cccc(Cl)c1[C@H]1Oc2ccccc2[C@H]2CC(c3ccccc3)=NN21. The van der Waals surface area contributed by atoms with Crippen LogP contribution < -0.4 is 4.74 Å². The highest BCUT2D eigenvalue weighted by atomic mass is 35.5. The summed E-state index contributed by atoms with van der Waals surface area (Å²) in [5.41, 5.74) is 3.38. The predicted octanol–water partition coefficient (Wildman–Crippen LogP) is 5.72. The average Bonchev–Trinajstić information content (AvgIpc) is 3.14. The molecule has 3 nitrogen and oxygen atoms in total. The van der Waals surface area contributed by atoms with Crippen molar-refractivity contribution in [2.24, 2.45) is 5.10 Å². The van der Waals surface area contributed by atoms with Gasteiger partial charge in [-0.2, -0.15) is 5.10 Å². The fraction of sp³-hybridized carbons (Fsp3) is 0.136. The molecule has 3 aromatic carbocycles. The molecular formula is C22H16ClFN2O. The van der Waals surface area contributed by atoms with Gasteiger partial charge < -0.3 is 4.74 Å². The summed E-state index contributed by atoms with van der Waals surface area (Å²) >= 11 is 6.34. The highest BCUT2D eigenvalue weighted by Gasteiger charge is 2.42. The molecule has 0 radical (unpaired) electrons. The molecule has 0 fully saturated rings. The Balaban J connectivity index is 1.65. The van der Waals surface area contributed by atoms with E-state index in [-0.39, 0.29) is 6.04 Å². The molecule has 0 aliphatic carbocycles. The summed E-state index contributed by atoms with van der Waals surface area (Å²) in [5.74, 6) is 0.349. The van der Waals surface area contributed by atoms with E-state index in [4.69, 9.17) is 21.4 Å². The Morgan fingerprint density at radius 3 is 2.56 bits per heavy atom. The number of ether oxygens (including phenoxy) is 1. The Labute approximate surface area is 161 Å². The molecule has 0 N–H and O–H groups in total. The molecule has 2 aliphatic heterocycles. The fourth-order valence-electron chi connectivity index (χ4n) is 3.78. The van der Waals surface area contributed by atoms with Gasteiger partial charge in [-0.3, -0.25) is 0 Å². The number of halogens is 2. The first-order valence-corrected chi connectivity index (χ1v) is 9.21. The number of para-hydroxylation sites is 1. The van der Waals surface area contributed by atoms with Crippen molar-refractivity contribution in [2.45, 2.75) is 18.7 Å². The molecule has 0 bridgehead atoms. The number of hydrogen-bond acceptors (Lipinski definition) is 3. The van der Waals surface area contributed by atoms with Gasteiger partial charge in [0.2, 0.25) is 6.23 Å². The number of hydrogen-bond donors (Lipinski definition) is 0. The normalized spacial score (nSPS) is 20.5. The van der Waals surface area contributed by atoms with Crippen LogP contribution in [0.1, 0.15) is 35.4 Å². The summed E-state index contributed by atoms with van der Waals surface area (Å²) in [4.78, 5) is 0. The maximum Gasteiger partial charge on any atom is 0.218 e. The first kappa shape index (κ1) is 16.3. The van der Waals surface area contributed by atoms with Crippen LogP contribution in [-0.4, -0.2) is 10.7 Å². The minimum absolute atomic E-state index is 0.0224. The summed E-state index contributed by atoms with van der Waals surface area (Å²) in [6, 6.07) is 22.5. The molecule has 27 heavy (non-hydrogen) atoms. The van der Waals surface area contributed by atoms with Crippen molar-refractivity contribution in [2.75, 3.05) is 0 Å². The van der Waals surface area contributed by atoms with Gasteiger partial charge in [-0.15, -0.1) is 0 Å². The van der Waals surface area contributed by atoms with Gasteiger partial charge in [0.1, 0.15) is 11.6 Å². The molecule has 0 unspecified atom stereocenters. The standard InChI is InChI=1S/C22H16ClFN2O/c23-16-10-6-11-17(24)21(16)22-26-19(15-9-4-5-12-20(15)27-22)13-18(25-26)14-7-2-1-3-8-14/h1-12,19,22H,13H2/t19-,22-/m1/s1. The van der Waals surface area contributed by atoms with Crippen molar-refractivity contribution in [1.82, 2.24) is 5.01 Å². The number of nitrogens with zero attached hydrogens (tertiary/aromatic N) is 2. The van der Waals surface area contributed by atoms with Gasteiger partial charge in [0.25, 0.3) is 0 Å². The van der Waals surface area contributed by atoms with E-state index < -0.39 is 12.0 Å². The Morgan fingerprint density at radius 1 is 0.963 bits per heavy atom. The summed E-state index contributed by atoms with van der Waals surface area (Å²) in [5, 5.41) is 7.00. The number of rotatable bonds is 2. The molecule has 134 valence electrons. The lowest BCUT2D eigenvalue weighted by Gasteiger charge is -2.38. The fourth-order valence-corrected chi connectivity index (χ4v) is 4.03. The smallest absolute Gasteiger partial charge is 0.218 e. The Bertz CT molecular complexity index is 1020. The zero-order valence-corrected chi connectivity index (χ0v) is 15.1. The van der Waals surface area contributed by atoms with Gasteiger partial charge in [-0.1, -0.05) is 66.2 Å². The Morgan fingerprint density at radius 2 is 1.74 bits per heavy atom. The van der Waals surface area contributed by atoms with E-state index in [1.54, 1.807) is 12.1 Å². The molecule has 3 aromatic rings. The monoisotopic (exact) mass is 378 g/mol. The summed E-state index contributed by atoms with van der Waals surface area (Å²) < 4.78 is 20.8. The zero-order valence-electron chi connectivity index (χ0n) is 14.3. The van der Waals surface area contributed by atoms with Crippen LogP contribution >= 0.6 is 11.6 Å². The highest BCUT2D eigenvalue weighted by Crippen LogP contribution is 2.48. The average molecular weight is 379 g/mol. The molecule has 2 atom stereocenters. The molecule has 0 spiro atoms. The third-order valence-corrected chi connectivity index (χ3v) is 5.38. The first-order valence-electron chi connectivity index (χ1n) is 8.83. The molecule has 0 amide bonds. The van der Waals surface area contributed by atoms with Gasteiger partial charge >= 0.3 is 0 Å². The molecule has 2 heterocycles. The topological polar surface area (TPSA) is 24.8 Å². The van der Waals surface area contributed by atoms with E-state index in [1.807, 2.05) is 59.6 Å². The number of fused-ring (bicyclic) bond motifs is 3. The van der Waals surface area contributed by atoms with Gasteiger partial charge in [0.15, 0.2) is 0 Å². The van der Waals surface area contributed by atoms with E-state index in [0.717, 1.165) is 29.0 Å². The second kappa shape index (κ2) is 6.39. The lowest BCUT2D eigenvalue weighted by molar-refractivity contribution is -0.0211. The molecule has 5 heteroatoms. The van der Waals surface area contributed by atoms with Crippen LogP contribution in [0.25, 0.3) is 0 Å². The van der Waals surface area contributed by atoms with E-state index in [0.29, 0.717) is 10.6 Å². The van der Waals surface area contributed by atoms with Gasteiger partial charge in [0.05, 0.1) is 22.3 Å². The van der Waals surface area contributed by atoms with Crippen molar-refractivity contribution < 1.29 is 9.13 Å². The third-order valence-electron chi connectivity index (χ3n) is 5.05. The number of benzene rings is 3. The molecule has 0 saturated heterocycles. The van der Waals surface area contributed by atoms with E-state index in [9.17, 15) is 4.39 Å². The highest BCUT2D eigenvalue weighted by molar-refractivity contribution is 6.31. The summed E-state index contributed by atoms with van der Waals surface area (Å²) in [6.07, 6.45) is 0.0206. The molecular weight excluding hydrogens is 363 g/mol. The molecule has 0 aromatic heterocycles. The van der Waals surface area contributed by atoms with Crippen LogP contribution in [0.15, 0.2) is 77.9 Å². The second-order valence-electron chi connectivity index (χ2n) is 6.66. The largest absolute Gasteiger partial charge is 0.464 e. The predicted molar refractivity (Wildman–Crippen MR) is 103 cm³/mol. The van der Waals surface area contributed by atoms with Gasteiger partial charge in [0, 0.05) is 12.0 Å². The van der Waals surface area contributed by atoms with Crippen LogP contribution in [0.4, 0.5) is 4.39 Å². The van der Waals surface area contributed by atoms with Crippen LogP contribution in [0.2, 0.25) is 5.02 Å². The Hall–Kier alpha value is -2.85. The number of hydrazone groups is 1. The van der Waals surface area contributed by atoms with Gasteiger partial charge in [-0.25, -0.2) is 9.40 Å². The maximum atomic E-state index is 14.6. The van der Waals surface area contributed by atoms with Crippen LogP contribution in [-0.2, 0) is 0 Å². The quantitative estimate of drug-likeness (QED) is 0.569. The lowest BCUT2D eigenvalue weighted by atomic mass is 9.96. The van der Waals surface area contributed by atoms with Crippen LogP contribution in [0.5, 0.6) is 5.75 Å². The van der Waals surface area contributed by atoms with E-state index >= 15 is 0 Å².